The zero-order chi connectivity index (χ0) is 22.0. The van der Waals surface area contributed by atoms with Crippen LogP contribution in [0.5, 0.6) is 11.5 Å². The molecular weight excluding hydrogens is 415 g/mol. The van der Waals surface area contributed by atoms with Crippen molar-refractivity contribution in [3.63, 3.8) is 0 Å². The van der Waals surface area contributed by atoms with Crippen molar-refractivity contribution in [3.05, 3.63) is 65.7 Å². The van der Waals surface area contributed by atoms with Gasteiger partial charge in [-0.3, -0.25) is 4.79 Å². The fourth-order valence-electron chi connectivity index (χ4n) is 2.89. The molecule has 3 aromatic rings. The van der Waals surface area contributed by atoms with E-state index in [4.69, 9.17) is 0 Å². The van der Waals surface area contributed by atoms with Gasteiger partial charge in [0.2, 0.25) is 5.95 Å². The van der Waals surface area contributed by atoms with Crippen LogP contribution in [-0.4, -0.2) is 29.2 Å². The molecule has 0 aliphatic carbocycles. The number of anilines is 3. The molecule has 3 N–H and O–H groups in total. The first kappa shape index (κ1) is 20.3. The molecule has 0 atom stereocenters. The van der Waals surface area contributed by atoms with E-state index in [9.17, 15) is 18.0 Å². The maximum atomic E-state index is 14.3. The van der Waals surface area contributed by atoms with Crippen LogP contribution in [0.4, 0.5) is 30.5 Å². The Morgan fingerprint density at radius 2 is 1.84 bits per heavy atom. The first-order chi connectivity index (χ1) is 14.8. The number of carbonyl (C=O) groups excluding carboxylic acids is 1. The lowest BCUT2D eigenvalue weighted by atomic mass is 10.1. The van der Waals surface area contributed by atoms with E-state index in [1.165, 1.54) is 6.07 Å². The van der Waals surface area contributed by atoms with Crippen LogP contribution in [0.2, 0.25) is 0 Å². The van der Waals surface area contributed by atoms with Gasteiger partial charge in [0.05, 0.1) is 23.5 Å². The third kappa shape index (κ3) is 4.44. The number of hydrogen-bond donors (Lipinski definition) is 3. The number of fused-ring (bicyclic) bond motifs is 1. The highest BCUT2D eigenvalue weighted by Gasteiger charge is 2.44. The van der Waals surface area contributed by atoms with Crippen molar-refractivity contribution in [1.82, 2.24) is 9.97 Å². The number of nitrogens with one attached hydrogen (secondary N) is 3. The summed E-state index contributed by atoms with van der Waals surface area (Å²) in [6, 6.07) is 9.96. The van der Waals surface area contributed by atoms with E-state index in [0.717, 1.165) is 12.1 Å². The minimum Gasteiger partial charge on any atom is -0.395 e. The van der Waals surface area contributed by atoms with Crippen LogP contribution in [0, 0.1) is 5.82 Å². The Balaban J connectivity index is 1.51. The summed E-state index contributed by atoms with van der Waals surface area (Å²) in [5, 5.41) is 8.30. The average Bonchev–Trinajstić information content (AvgIpc) is 3.05. The second kappa shape index (κ2) is 8.01. The molecule has 1 amide bonds. The molecule has 8 nitrogen and oxygen atoms in total. The maximum Gasteiger partial charge on any atom is 0.586 e. The largest absolute Gasteiger partial charge is 0.586 e. The minimum atomic E-state index is -3.89. The topological polar surface area (TPSA) is 97.4 Å². The Kier molecular flexibility index (Phi) is 5.24. The number of amides is 1. The van der Waals surface area contributed by atoms with Crippen LogP contribution in [0.25, 0.3) is 0 Å². The Hall–Kier alpha value is -4.02. The number of nitrogens with zero attached hydrogens (tertiary/aromatic N) is 2. The Bertz CT molecular complexity index is 1140. The van der Waals surface area contributed by atoms with Crippen molar-refractivity contribution in [2.45, 2.75) is 12.8 Å². The van der Waals surface area contributed by atoms with Gasteiger partial charge in [-0.25, -0.2) is 14.4 Å². The van der Waals surface area contributed by atoms with Gasteiger partial charge in [-0.15, -0.1) is 8.78 Å². The van der Waals surface area contributed by atoms with Gasteiger partial charge in [-0.2, -0.15) is 0 Å². The molecule has 11 heteroatoms. The normalized spacial score (nSPS) is 13.5. The first-order valence-corrected chi connectivity index (χ1v) is 9.08. The van der Waals surface area contributed by atoms with Crippen LogP contribution in [-0.2, 0) is 6.54 Å². The lowest BCUT2D eigenvalue weighted by Crippen LogP contribution is -2.25. The van der Waals surface area contributed by atoms with Crippen molar-refractivity contribution in [2.75, 3.05) is 23.0 Å². The predicted molar refractivity (Wildman–Crippen MR) is 106 cm³/mol. The average molecular weight is 431 g/mol. The smallest absolute Gasteiger partial charge is 0.395 e. The van der Waals surface area contributed by atoms with Crippen LogP contribution in [0.1, 0.15) is 16.1 Å². The van der Waals surface area contributed by atoms with Crippen molar-refractivity contribution in [1.29, 1.82) is 0 Å². The lowest BCUT2D eigenvalue weighted by molar-refractivity contribution is -0.286. The summed E-state index contributed by atoms with van der Waals surface area (Å²) in [6.07, 6.45) is -2.29. The molecule has 1 aromatic heterocycles. The van der Waals surface area contributed by atoms with E-state index in [-0.39, 0.29) is 17.0 Å². The standard InChI is InChI=1S/C20H16F3N5O3/c1-24-19-25-7-6-11(27-19)10-26-14-5-3-2-4-12(14)18(29)28-15-9-17-16(8-13(15)21)30-20(22,23)31-17/h2-9,26H,10H2,1H3,(H,28,29)(H,24,25,27). The van der Waals surface area contributed by atoms with Gasteiger partial charge >= 0.3 is 6.29 Å². The van der Waals surface area contributed by atoms with Gasteiger partial charge in [0.1, 0.15) is 0 Å². The molecule has 0 unspecified atom stereocenters. The number of para-hydroxylation sites is 1. The molecule has 2 heterocycles. The number of carbonyl (C=O) groups is 1. The summed E-state index contributed by atoms with van der Waals surface area (Å²) >= 11 is 0. The van der Waals surface area contributed by atoms with E-state index in [0.29, 0.717) is 23.9 Å². The number of halogens is 3. The first-order valence-electron chi connectivity index (χ1n) is 9.08. The number of ether oxygens (including phenoxy) is 2. The molecule has 0 saturated carbocycles. The Morgan fingerprint density at radius 3 is 2.61 bits per heavy atom. The predicted octanol–water partition coefficient (Wildman–Crippen LogP) is 3.84. The Labute approximate surface area is 174 Å². The molecule has 0 fully saturated rings. The lowest BCUT2D eigenvalue weighted by Gasteiger charge is -2.13. The molecule has 1 aliphatic rings. The van der Waals surface area contributed by atoms with E-state index < -0.39 is 23.8 Å². The summed E-state index contributed by atoms with van der Waals surface area (Å²) < 4.78 is 49.1. The zero-order valence-corrected chi connectivity index (χ0v) is 16.1. The quantitative estimate of drug-likeness (QED) is 0.546. The monoisotopic (exact) mass is 431 g/mol. The zero-order valence-electron chi connectivity index (χ0n) is 16.1. The van der Waals surface area contributed by atoms with Gasteiger partial charge < -0.3 is 25.4 Å². The SMILES string of the molecule is CNc1nccc(CNc2ccccc2C(=O)Nc2cc3c(cc2F)OC(F)(F)O3)n1. The summed E-state index contributed by atoms with van der Waals surface area (Å²) in [5.41, 5.74) is 1.04. The van der Waals surface area contributed by atoms with E-state index >= 15 is 0 Å². The fourth-order valence-corrected chi connectivity index (χ4v) is 2.89. The second-order valence-electron chi connectivity index (χ2n) is 6.42. The highest BCUT2D eigenvalue weighted by molar-refractivity contribution is 6.08. The Morgan fingerprint density at radius 1 is 1.10 bits per heavy atom. The number of alkyl halides is 2. The second-order valence-corrected chi connectivity index (χ2v) is 6.42. The van der Waals surface area contributed by atoms with Gasteiger partial charge in [0.15, 0.2) is 17.3 Å². The maximum absolute atomic E-state index is 14.3. The van der Waals surface area contributed by atoms with Crippen molar-refractivity contribution < 1.29 is 27.4 Å². The van der Waals surface area contributed by atoms with E-state index in [1.807, 2.05) is 0 Å². The molecular formula is C20H16F3N5O3. The molecule has 160 valence electrons. The molecule has 2 aromatic carbocycles. The molecule has 0 saturated heterocycles. The molecule has 31 heavy (non-hydrogen) atoms. The molecule has 0 radical (unpaired) electrons. The fraction of sp³-hybridized carbons (Fsp3) is 0.150. The molecule has 4 rings (SSSR count). The number of hydrogen-bond acceptors (Lipinski definition) is 7. The van der Waals surface area contributed by atoms with E-state index in [2.05, 4.69) is 35.4 Å². The summed E-state index contributed by atoms with van der Waals surface area (Å²) in [7, 11) is 1.70. The number of aromatic nitrogens is 2. The van der Waals surface area contributed by atoms with Crippen LogP contribution in [0.15, 0.2) is 48.7 Å². The van der Waals surface area contributed by atoms with Gasteiger partial charge in [-0.1, -0.05) is 12.1 Å². The number of benzene rings is 2. The highest BCUT2D eigenvalue weighted by atomic mass is 19.3. The third-order valence-corrected chi connectivity index (χ3v) is 4.31. The van der Waals surface area contributed by atoms with Crippen LogP contribution >= 0.6 is 0 Å². The van der Waals surface area contributed by atoms with Crippen LogP contribution in [0.3, 0.4) is 0 Å². The molecule has 0 spiro atoms. The molecule has 1 aliphatic heterocycles. The van der Waals surface area contributed by atoms with Gasteiger partial charge in [-0.05, 0) is 18.2 Å². The van der Waals surface area contributed by atoms with Gasteiger partial charge in [0.25, 0.3) is 5.91 Å². The summed E-state index contributed by atoms with van der Waals surface area (Å²) in [4.78, 5) is 21.1. The minimum absolute atomic E-state index is 0.216. The van der Waals surface area contributed by atoms with Gasteiger partial charge in [0, 0.05) is 31.1 Å². The summed E-state index contributed by atoms with van der Waals surface area (Å²) in [6.45, 7) is 0.301. The molecule has 0 bridgehead atoms. The van der Waals surface area contributed by atoms with Crippen molar-refractivity contribution >= 4 is 23.2 Å². The summed E-state index contributed by atoms with van der Waals surface area (Å²) in [5.74, 6) is -1.97. The number of rotatable bonds is 6. The van der Waals surface area contributed by atoms with Crippen molar-refractivity contribution in [3.8, 4) is 11.5 Å². The highest BCUT2D eigenvalue weighted by Crippen LogP contribution is 2.43. The van der Waals surface area contributed by atoms with E-state index in [1.54, 1.807) is 37.5 Å². The third-order valence-electron chi connectivity index (χ3n) is 4.31. The van der Waals surface area contributed by atoms with Crippen LogP contribution < -0.4 is 25.4 Å². The van der Waals surface area contributed by atoms with Crippen molar-refractivity contribution in [2.24, 2.45) is 0 Å².